The van der Waals surface area contributed by atoms with E-state index in [0.717, 1.165) is 11.3 Å². The number of aliphatic hydroxyl groups is 1. The van der Waals surface area contributed by atoms with Crippen molar-refractivity contribution in [2.75, 3.05) is 26.6 Å². The van der Waals surface area contributed by atoms with Crippen molar-refractivity contribution in [3.63, 3.8) is 0 Å². The summed E-state index contributed by atoms with van der Waals surface area (Å²) in [7, 11) is 0. The van der Waals surface area contributed by atoms with E-state index in [4.69, 9.17) is 18.9 Å². The number of allylic oxidation sites excluding steroid dienone is 1. The highest BCUT2D eigenvalue weighted by molar-refractivity contribution is 5.91. The van der Waals surface area contributed by atoms with Crippen LogP contribution in [0.2, 0.25) is 0 Å². The summed E-state index contributed by atoms with van der Waals surface area (Å²) in [5.74, 6) is 2.00. The molecule has 1 aromatic rings. The summed E-state index contributed by atoms with van der Waals surface area (Å²) in [4.78, 5) is 12.7. The first kappa shape index (κ1) is 20.0. The Morgan fingerprint density at radius 1 is 1.28 bits per heavy atom. The van der Waals surface area contributed by atoms with E-state index in [1.54, 1.807) is 0 Å². The number of carbonyl (C=O) groups excluding carboxylic acids is 1. The second-order valence-corrected chi connectivity index (χ2v) is 7.79. The molecule has 1 saturated carbocycles. The van der Waals surface area contributed by atoms with Gasteiger partial charge in [-0.2, -0.15) is 0 Å². The molecule has 0 radical (unpaired) electrons. The second-order valence-electron chi connectivity index (χ2n) is 7.79. The number of benzene rings is 1. The standard InChI is InChI=1S/C22H29NO6/c1-2-26-22-16(4-3-9-24)17(15-7-8-18-19(10-15)28-13-27-18)11-20(29-22)21(25)23-12-14-5-6-14/h7-8,10-11,14,16-17,22,24H,2-6,9,12-13H2,1H3,(H,23,25)/t16-,17+,22+/m0/s1. The van der Waals surface area contributed by atoms with Crippen LogP contribution in [0.4, 0.5) is 0 Å². The average Bonchev–Trinajstić information content (AvgIpc) is 3.45. The highest BCUT2D eigenvalue weighted by Gasteiger charge is 2.38. The molecule has 2 aliphatic heterocycles. The minimum atomic E-state index is -0.548. The first-order valence-electron chi connectivity index (χ1n) is 10.5. The van der Waals surface area contributed by atoms with Crippen LogP contribution in [-0.2, 0) is 14.3 Å². The summed E-state index contributed by atoms with van der Waals surface area (Å²) in [5, 5.41) is 12.3. The number of fused-ring (bicyclic) bond motifs is 1. The van der Waals surface area contributed by atoms with Crippen molar-refractivity contribution in [3.8, 4) is 11.5 Å². The number of aliphatic hydroxyl groups excluding tert-OH is 1. The van der Waals surface area contributed by atoms with Crippen LogP contribution in [0.15, 0.2) is 30.0 Å². The Hall–Kier alpha value is -2.25. The number of hydrogen-bond donors (Lipinski definition) is 2. The SMILES string of the molecule is CCO[C@@H]1OC(C(=O)NCC2CC2)=C[C@H](c2ccc3c(c2)OCO3)[C@@H]1CCCO. The third-order valence-electron chi connectivity index (χ3n) is 5.66. The Balaban J connectivity index is 1.62. The molecule has 0 saturated heterocycles. The maximum absolute atomic E-state index is 12.7. The van der Waals surface area contributed by atoms with Gasteiger partial charge < -0.3 is 29.4 Å². The van der Waals surface area contributed by atoms with Crippen molar-refractivity contribution in [3.05, 3.63) is 35.6 Å². The molecule has 0 spiro atoms. The van der Waals surface area contributed by atoms with Crippen LogP contribution >= 0.6 is 0 Å². The van der Waals surface area contributed by atoms with Crippen LogP contribution in [-0.4, -0.2) is 43.9 Å². The van der Waals surface area contributed by atoms with Crippen LogP contribution in [0.1, 0.15) is 44.1 Å². The van der Waals surface area contributed by atoms with E-state index >= 15 is 0 Å². The normalized spacial score (nSPS) is 25.3. The Labute approximate surface area is 171 Å². The average molecular weight is 403 g/mol. The molecule has 1 amide bonds. The van der Waals surface area contributed by atoms with Gasteiger partial charge >= 0.3 is 0 Å². The molecule has 0 aromatic heterocycles. The fraction of sp³-hybridized carbons (Fsp3) is 0.591. The van der Waals surface area contributed by atoms with E-state index in [1.807, 2.05) is 31.2 Å². The Morgan fingerprint density at radius 2 is 2.10 bits per heavy atom. The van der Waals surface area contributed by atoms with Crippen molar-refractivity contribution in [1.29, 1.82) is 0 Å². The van der Waals surface area contributed by atoms with Gasteiger partial charge in [0.2, 0.25) is 13.1 Å². The number of rotatable bonds is 9. The highest BCUT2D eigenvalue weighted by Crippen LogP contribution is 2.42. The Kier molecular flexibility index (Phi) is 6.25. The number of carbonyl (C=O) groups is 1. The van der Waals surface area contributed by atoms with Gasteiger partial charge in [-0.3, -0.25) is 4.79 Å². The van der Waals surface area contributed by atoms with Crippen molar-refractivity contribution in [1.82, 2.24) is 5.32 Å². The summed E-state index contributed by atoms with van der Waals surface area (Å²) in [6.45, 7) is 3.38. The van der Waals surface area contributed by atoms with Crippen LogP contribution < -0.4 is 14.8 Å². The predicted octanol–water partition coefficient (Wildman–Crippen LogP) is 2.69. The zero-order valence-corrected chi connectivity index (χ0v) is 16.8. The first-order valence-corrected chi connectivity index (χ1v) is 10.5. The second kappa shape index (κ2) is 9.05. The summed E-state index contributed by atoms with van der Waals surface area (Å²) in [5.41, 5.74) is 1.01. The summed E-state index contributed by atoms with van der Waals surface area (Å²) in [6, 6.07) is 5.85. The van der Waals surface area contributed by atoms with Gasteiger partial charge in [-0.05, 0) is 62.3 Å². The van der Waals surface area contributed by atoms with Crippen LogP contribution in [0, 0.1) is 11.8 Å². The Bertz CT molecular complexity index is 760. The minimum Gasteiger partial charge on any atom is -0.459 e. The van der Waals surface area contributed by atoms with Gasteiger partial charge in [0.15, 0.2) is 17.3 Å². The molecule has 7 heteroatoms. The quantitative estimate of drug-likeness (QED) is 0.659. The molecule has 3 atom stereocenters. The van der Waals surface area contributed by atoms with Gasteiger partial charge in [-0.1, -0.05) is 6.07 Å². The lowest BCUT2D eigenvalue weighted by atomic mass is 9.80. The lowest BCUT2D eigenvalue weighted by Crippen LogP contribution is -2.39. The third-order valence-corrected chi connectivity index (χ3v) is 5.66. The van der Waals surface area contributed by atoms with Gasteiger partial charge in [-0.15, -0.1) is 0 Å². The van der Waals surface area contributed by atoms with Gasteiger partial charge in [0, 0.05) is 31.6 Å². The fourth-order valence-electron chi connectivity index (χ4n) is 3.91. The minimum absolute atomic E-state index is 0.0255. The molecule has 158 valence electrons. The highest BCUT2D eigenvalue weighted by atomic mass is 16.7. The number of ether oxygens (including phenoxy) is 4. The maximum atomic E-state index is 12.7. The zero-order valence-electron chi connectivity index (χ0n) is 16.8. The van der Waals surface area contributed by atoms with Gasteiger partial charge in [0.25, 0.3) is 5.91 Å². The van der Waals surface area contributed by atoms with Gasteiger partial charge in [-0.25, -0.2) is 0 Å². The number of nitrogens with one attached hydrogen (secondary N) is 1. The van der Waals surface area contributed by atoms with Crippen LogP contribution in [0.3, 0.4) is 0 Å². The Morgan fingerprint density at radius 3 is 2.86 bits per heavy atom. The van der Waals surface area contributed by atoms with Gasteiger partial charge in [0.1, 0.15) is 0 Å². The fourth-order valence-corrected chi connectivity index (χ4v) is 3.91. The lowest BCUT2D eigenvalue weighted by Gasteiger charge is -2.37. The van der Waals surface area contributed by atoms with E-state index < -0.39 is 6.29 Å². The summed E-state index contributed by atoms with van der Waals surface area (Å²) in [6.07, 6.45) is 5.03. The van der Waals surface area contributed by atoms with Gasteiger partial charge in [0.05, 0.1) is 0 Å². The largest absolute Gasteiger partial charge is 0.459 e. The molecular weight excluding hydrogens is 374 g/mol. The molecule has 0 unspecified atom stereocenters. The van der Waals surface area contributed by atoms with E-state index in [9.17, 15) is 9.90 Å². The smallest absolute Gasteiger partial charge is 0.286 e. The van der Waals surface area contributed by atoms with Crippen LogP contribution in [0.5, 0.6) is 11.5 Å². The van der Waals surface area contributed by atoms with Crippen molar-refractivity contribution < 1.29 is 28.8 Å². The lowest BCUT2D eigenvalue weighted by molar-refractivity contribution is -0.166. The molecular formula is C22H29NO6. The molecule has 0 bridgehead atoms. The number of amides is 1. The maximum Gasteiger partial charge on any atom is 0.286 e. The molecule has 1 fully saturated rings. The monoisotopic (exact) mass is 403 g/mol. The van der Waals surface area contributed by atoms with Crippen molar-refractivity contribution >= 4 is 5.91 Å². The molecule has 7 nitrogen and oxygen atoms in total. The molecule has 4 rings (SSSR count). The topological polar surface area (TPSA) is 86.3 Å². The molecule has 3 aliphatic rings. The van der Waals surface area contributed by atoms with Crippen molar-refractivity contribution in [2.24, 2.45) is 11.8 Å². The molecule has 1 aromatic carbocycles. The molecule has 2 N–H and O–H groups in total. The first-order chi connectivity index (χ1) is 14.2. The molecule has 2 heterocycles. The molecule has 29 heavy (non-hydrogen) atoms. The van der Waals surface area contributed by atoms with E-state index in [1.165, 1.54) is 12.8 Å². The predicted molar refractivity (Wildman–Crippen MR) is 105 cm³/mol. The van der Waals surface area contributed by atoms with Crippen LogP contribution in [0.25, 0.3) is 0 Å². The van der Waals surface area contributed by atoms with E-state index in [2.05, 4.69) is 5.32 Å². The third kappa shape index (κ3) is 4.67. The number of hydrogen-bond acceptors (Lipinski definition) is 6. The van der Waals surface area contributed by atoms with E-state index in [0.29, 0.717) is 43.4 Å². The molecule has 1 aliphatic carbocycles. The summed E-state index contributed by atoms with van der Waals surface area (Å²) >= 11 is 0. The summed E-state index contributed by atoms with van der Waals surface area (Å²) < 4.78 is 22.8. The van der Waals surface area contributed by atoms with Crippen molar-refractivity contribution in [2.45, 2.75) is 44.8 Å². The van der Waals surface area contributed by atoms with E-state index in [-0.39, 0.29) is 31.1 Å². The zero-order chi connectivity index (χ0) is 20.2.